The van der Waals surface area contributed by atoms with E-state index in [9.17, 15) is 18.4 Å². The normalized spacial score (nSPS) is 18.1. The maximum absolute atomic E-state index is 13.5. The fourth-order valence-corrected chi connectivity index (χ4v) is 4.65. The molecule has 2 heterocycles. The summed E-state index contributed by atoms with van der Waals surface area (Å²) in [7, 11) is 0. The van der Waals surface area contributed by atoms with E-state index in [2.05, 4.69) is 9.80 Å². The second kappa shape index (κ2) is 10.4. The molecular formula is C25H30F2N4O2. The summed E-state index contributed by atoms with van der Waals surface area (Å²) in [4.78, 5) is 32.3. The second-order valence-corrected chi connectivity index (χ2v) is 8.70. The molecule has 0 unspecified atom stereocenters. The topological polar surface area (TPSA) is 47.1 Å². The molecule has 2 aliphatic heterocycles. The molecule has 4 rings (SSSR count). The Hall–Kier alpha value is -2.84. The fourth-order valence-electron chi connectivity index (χ4n) is 4.65. The summed E-state index contributed by atoms with van der Waals surface area (Å²) in [5, 5.41) is 0. The molecule has 0 radical (unpaired) electrons. The summed E-state index contributed by atoms with van der Waals surface area (Å²) in [6.07, 6.45) is 0. The largest absolute Gasteiger partial charge is 0.339 e. The van der Waals surface area contributed by atoms with Gasteiger partial charge in [0.25, 0.3) is 0 Å². The molecule has 2 aromatic carbocycles. The van der Waals surface area contributed by atoms with Crippen molar-refractivity contribution in [2.45, 2.75) is 13.0 Å². The summed E-state index contributed by atoms with van der Waals surface area (Å²) in [5.41, 5.74) is 1.91. The minimum Gasteiger partial charge on any atom is -0.339 e. The molecule has 6 nitrogen and oxygen atoms in total. The molecule has 0 saturated carbocycles. The maximum atomic E-state index is 13.5. The number of nitrogens with zero attached hydrogens (tertiary/aromatic N) is 4. The molecule has 0 spiro atoms. The maximum Gasteiger partial charge on any atom is 0.236 e. The lowest BCUT2D eigenvalue weighted by atomic mass is 9.96. The molecule has 2 amide bonds. The first kappa shape index (κ1) is 23.3. The highest BCUT2D eigenvalue weighted by Crippen LogP contribution is 2.30. The van der Waals surface area contributed by atoms with Crippen LogP contribution in [-0.4, -0.2) is 90.3 Å². The average Bonchev–Trinajstić information content (AvgIpc) is 2.83. The van der Waals surface area contributed by atoms with Crippen molar-refractivity contribution in [2.24, 2.45) is 0 Å². The molecule has 8 heteroatoms. The van der Waals surface area contributed by atoms with Crippen molar-refractivity contribution in [3.63, 3.8) is 0 Å². The summed E-state index contributed by atoms with van der Waals surface area (Å²) >= 11 is 0. The first-order valence-electron chi connectivity index (χ1n) is 11.4. The van der Waals surface area contributed by atoms with E-state index in [0.717, 1.165) is 37.3 Å². The van der Waals surface area contributed by atoms with E-state index in [-0.39, 0.29) is 29.5 Å². The Kier molecular flexibility index (Phi) is 7.35. The molecule has 0 aromatic heterocycles. The van der Waals surface area contributed by atoms with E-state index in [0.29, 0.717) is 32.7 Å². The number of hydrogen-bond acceptors (Lipinski definition) is 4. The van der Waals surface area contributed by atoms with Gasteiger partial charge in [0.1, 0.15) is 11.6 Å². The van der Waals surface area contributed by atoms with E-state index in [1.54, 1.807) is 36.1 Å². The lowest BCUT2D eigenvalue weighted by Gasteiger charge is -2.40. The third-order valence-electron chi connectivity index (χ3n) is 6.58. The van der Waals surface area contributed by atoms with Crippen molar-refractivity contribution in [2.75, 3.05) is 58.9 Å². The number of rotatable bonds is 5. The summed E-state index contributed by atoms with van der Waals surface area (Å²) in [5.74, 6) is -0.427. The lowest BCUT2D eigenvalue weighted by molar-refractivity contribution is -0.139. The first-order valence-corrected chi connectivity index (χ1v) is 11.4. The van der Waals surface area contributed by atoms with Gasteiger partial charge >= 0.3 is 0 Å². The minimum absolute atomic E-state index is 0.0510. The highest BCUT2D eigenvalue weighted by molar-refractivity contribution is 5.79. The molecule has 2 aromatic rings. The van der Waals surface area contributed by atoms with E-state index < -0.39 is 0 Å². The highest BCUT2D eigenvalue weighted by atomic mass is 19.1. The molecule has 0 bridgehead atoms. The predicted molar refractivity (Wildman–Crippen MR) is 121 cm³/mol. The van der Waals surface area contributed by atoms with Crippen molar-refractivity contribution >= 4 is 11.8 Å². The van der Waals surface area contributed by atoms with Gasteiger partial charge < -0.3 is 9.80 Å². The predicted octanol–water partition coefficient (Wildman–Crippen LogP) is 2.36. The quantitative estimate of drug-likeness (QED) is 0.693. The van der Waals surface area contributed by atoms with Crippen LogP contribution in [0.5, 0.6) is 0 Å². The van der Waals surface area contributed by atoms with Crippen LogP contribution in [0.2, 0.25) is 0 Å². The molecular weight excluding hydrogens is 426 g/mol. The minimum atomic E-state index is -0.288. The van der Waals surface area contributed by atoms with Gasteiger partial charge in [-0.3, -0.25) is 19.4 Å². The Morgan fingerprint density at radius 2 is 1.18 bits per heavy atom. The average molecular weight is 457 g/mol. The van der Waals surface area contributed by atoms with Crippen LogP contribution in [0.15, 0.2) is 48.5 Å². The lowest BCUT2D eigenvalue weighted by Crippen LogP contribution is -2.54. The number of halogens is 2. The Morgan fingerprint density at radius 3 is 1.64 bits per heavy atom. The summed E-state index contributed by atoms with van der Waals surface area (Å²) in [6.45, 7) is 7.21. The van der Waals surface area contributed by atoms with Gasteiger partial charge in [-0.2, -0.15) is 0 Å². The van der Waals surface area contributed by atoms with Crippen LogP contribution in [0, 0.1) is 11.6 Å². The Balaban J connectivity index is 1.37. The van der Waals surface area contributed by atoms with Crippen molar-refractivity contribution in [3.05, 3.63) is 71.3 Å². The monoisotopic (exact) mass is 456 g/mol. The van der Waals surface area contributed by atoms with Gasteiger partial charge in [-0.15, -0.1) is 0 Å². The van der Waals surface area contributed by atoms with Crippen LogP contribution >= 0.6 is 0 Å². The van der Waals surface area contributed by atoms with Gasteiger partial charge in [0, 0.05) is 59.3 Å². The van der Waals surface area contributed by atoms with Gasteiger partial charge in [0.15, 0.2) is 0 Å². The summed E-state index contributed by atoms with van der Waals surface area (Å²) < 4.78 is 27.0. The third-order valence-corrected chi connectivity index (χ3v) is 6.58. The van der Waals surface area contributed by atoms with Crippen molar-refractivity contribution < 1.29 is 18.4 Å². The number of amides is 2. The van der Waals surface area contributed by atoms with Gasteiger partial charge in [0.2, 0.25) is 11.8 Å². The van der Waals surface area contributed by atoms with E-state index in [1.165, 1.54) is 24.3 Å². The molecule has 2 aliphatic rings. The zero-order valence-electron chi connectivity index (χ0n) is 18.9. The Morgan fingerprint density at radius 1 is 0.727 bits per heavy atom. The highest BCUT2D eigenvalue weighted by Gasteiger charge is 2.29. The van der Waals surface area contributed by atoms with Crippen molar-refractivity contribution in [1.82, 2.24) is 19.6 Å². The fraction of sp³-hybridized carbons (Fsp3) is 0.440. The van der Waals surface area contributed by atoms with Gasteiger partial charge in [-0.1, -0.05) is 24.3 Å². The van der Waals surface area contributed by atoms with Crippen LogP contribution in [-0.2, 0) is 9.59 Å². The molecule has 0 atom stereocenters. The van der Waals surface area contributed by atoms with Crippen molar-refractivity contribution in [3.8, 4) is 0 Å². The SMILES string of the molecule is CC(=O)N1CCN(C(=O)CN2CCN(C(c3ccc(F)cc3)c3ccc(F)cc3)CC2)CC1. The third kappa shape index (κ3) is 5.75. The molecule has 33 heavy (non-hydrogen) atoms. The standard InChI is InChI=1S/C25H30F2N4O2/c1-19(32)29-14-16-30(17-15-29)24(33)18-28-10-12-31(13-11-28)25(20-2-6-22(26)7-3-20)21-4-8-23(27)9-5-21/h2-9,25H,10-18H2,1H3. The second-order valence-electron chi connectivity index (χ2n) is 8.70. The zero-order valence-corrected chi connectivity index (χ0v) is 18.9. The summed E-state index contributed by atoms with van der Waals surface area (Å²) in [6, 6.07) is 12.8. The van der Waals surface area contributed by atoms with E-state index in [1.807, 2.05) is 4.90 Å². The number of benzene rings is 2. The van der Waals surface area contributed by atoms with Gasteiger partial charge in [0.05, 0.1) is 12.6 Å². The van der Waals surface area contributed by atoms with Gasteiger partial charge in [-0.05, 0) is 35.4 Å². The number of carbonyl (C=O) groups excluding carboxylic acids is 2. The van der Waals surface area contributed by atoms with Crippen LogP contribution < -0.4 is 0 Å². The number of piperazine rings is 2. The molecule has 176 valence electrons. The molecule has 2 fully saturated rings. The van der Waals surface area contributed by atoms with Crippen LogP contribution in [0.3, 0.4) is 0 Å². The molecule has 2 saturated heterocycles. The number of carbonyl (C=O) groups is 2. The van der Waals surface area contributed by atoms with E-state index in [4.69, 9.17) is 0 Å². The van der Waals surface area contributed by atoms with Crippen LogP contribution in [0.1, 0.15) is 24.1 Å². The smallest absolute Gasteiger partial charge is 0.236 e. The van der Waals surface area contributed by atoms with Crippen molar-refractivity contribution in [1.29, 1.82) is 0 Å². The Bertz CT molecular complexity index is 906. The molecule has 0 N–H and O–H groups in total. The van der Waals surface area contributed by atoms with Crippen LogP contribution in [0.4, 0.5) is 8.78 Å². The molecule has 0 aliphatic carbocycles. The first-order chi connectivity index (χ1) is 15.9. The zero-order chi connectivity index (χ0) is 23.4. The van der Waals surface area contributed by atoms with Gasteiger partial charge in [-0.25, -0.2) is 8.78 Å². The van der Waals surface area contributed by atoms with E-state index >= 15 is 0 Å². The Labute approximate surface area is 193 Å². The van der Waals surface area contributed by atoms with Crippen LogP contribution in [0.25, 0.3) is 0 Å². The number of hydrogen-bond donors (Lipinski definition) is 0.